The van der Waals surface area contributed by atoms with Crippen LogP contribution in [0.4, 0.5) is 0 Å². The van der Waals surface area contributed by atoms with Crippen LogP contribution in [0.1, 0.15) is 47.2 Å². The van der Waals surface area contributed by atoms with Crippen LogP contribution in [-0.2, 0) is 6.42 Å². The Balaban J connectivity index is 1.32. The van der Waals surface area contributed by atoms with Crippen LogP contribution in [0.15, 0.2) is 35.4 Å². The van der Waals surface area contributed by atoms with Crippen molar-refractivity contribution in [2.75, 3.05) is 6.54 Å². The summed E-state index contributed by atoms with van der Waals surface area (Å²) >= 11 is 0. The predicted molar refractivity (Wildman–Crippen MR) is 90.5 cm³/mol. The van der Waals surface area contributed by atoms with Crippen LogP contribution in [0, 0.1) is 0 Å². The van der Waals surface area contributed by atoms with Crippen molar-refractivity contribution in [3.63, 3.8) is 0 Å². The Morgan fingerprint density at radius 1 is 1.32 bits per heavy atom. The number of amides is 1. The molecule has 1 amide bonds. The highest BCUT2D eigenvalue weighted by Gasteiger charge is 2.26. The third kappa shape index (κ3) is 3.28. The maximum Gasteiger partial charge on any atom is 0.263 e. The lowest BCUT2D eigenvalue weighted by Crippen LogP contribution is -2.31. The molecule has 0 saturated heterocycles. The van der Waals surface area contributed by atoms with E-state index < -0.39 is 5.91 Å². The average molecular weight is 338 g/mol. The molecule has 0 aromatic carbocycles. The molecule has 0 unspecified atom stereocenters. The SMILES string of the molecule is O=C(NCCCc1nnc2ccccn12)c1cnc(C2CC2)[nH]c1=O. The van der Waals surface area contributed by atoms with Crippen LogP contribution in [0.3, 0.4) is 0 Å². The van der Waals surface area contributed by atoms with Crippen molar-refractivity contribution in [2.24, 2.45) is 0 Å². The number of aromatic nitrogens is 5. The molecule has 1 fully saturated rings. The first-order valence-corrected chi connectivity index (χ1v) is 8.38. The lowest BCUT2D eigenvalue weighted by molar-refractivity contribution is 0.0951. The maximum absolute atomic E-state index is 12.1. The molecule has 25 heavy (non-hydrogen) atoms. The van der Waals surface area contributed by atoms with E-state index >= 15 is 0 Å². The van der Waals surface area contributed by atoms with Crippen molar-refractivity contribution < 1.29 is 4.79 Å². The Kier molecular flexibility index (Phi) is 4.01. The highest BCUT2D eigenvalue weighted by atomic mass is 16.2. The number of carbonyl (C=O) groups is 1. The number of pyridine rings is 1. The quantitative estimate of drug-likeness (QED) is 0.654. The molecular formula is C17H18N6O2. The number of carbonyl (C=O) groups excluding carboxylic acids is 1. The Bertz CT molecular complexity index is 972. The summed E-state index contributed by atoms with van der Waals surface area (Å²) < 4.78 is 1.92. The lowest BCUT2D eigenvalue weighted by Gasteiger charge is -2.05. The summed E-state index contributed by atoms with van der Waals surface area (Å²) in [7, 11) is 0. The molecule has 0 aliphatic heterocycles. The first kappa shape index (κ1) is 15.5. The molecule has 1 aliphatic carbocycles. The summed E-state index contributed by atoms with van der Waals surface area (Å²) in [6.07, 6.45) is 6.76. The normalized spacial score (nSPS) is 13.9. The molecule has 2 N–H and O–H groups in total. The fraction of sp³-hybridized carbons (Fsp3) is 0.353. The van der Waals surface area contributed by atoms with E-state index in [1.54, 1.807) is 0 Å². The molecule has 0 bridgehead atoms. The van der Waals surface area contributed by atoms with Gasteiger partial charge in [0.25, 0.3) is 11.5 Å². The zero-order valence-corrected chi connectivity index (χ0v) is 13.6. The fourth-order valence-corrected chi connectivity index (χ4v) is 2.74. The van der Waals surface area contributed by atoms with Gasteiger partial charge in [-0.05, 0) is 31.4 Å². The molecule has 0 spiro atoms. The second-order valence-corrected chi connectivity index (χ2v) is 6.19. The van der Waals surface area contributed by atoms with E-state index in [0.29, 0.717) is 31.1 Å². The lowest BCUT2D eigenvalue weighted by atomic mass is 10.2. The zero-order valence-electron chi connectivity index (χ0n) is 13.6. The zero-order chi connectivity index (χ0) is 17.2. The number of fused-ring (bicyclic) bond motifs is 1. The van der Waals surface area contributed by atoms with Gasteiger partial charge in [-0.1, -0.05) is 6.07 Å². The molecule has 128 valence electrons. The molecule has 8 nitrogen and oxygen atoms in total. The Morgan fingerprint density at radius 3 is 3.00 bits per heavy atom. The minimum absolute atomic E-state index is 0.0531. The number of rotatable bonds is 6. The van der Waals surface area contributed by atoms with E-state index in [4.69, 9.17) is 0 Å². The van der Waals surface area contributed by atoms with Crippen LogP contribution in [-0.4, -0.2) is 37.0 Å². The standard InChI is InChI=1S/C17H18N6O2/c24-16(12-10-19-15(11-6-7-11)20-17(12)25)18-8-3-5-14-22-21-13-4-1-2-9-23(13)14/h1-2,4,9-11H,3,5-8H2,(H,18,24)(H,19,20,25). The van der Waals surface area contributed by atoms with Gasteiger partial charge in [0.1, 0.15) is 17.2 Å². The summed E-state index contributed by atoms with van der Waals surface area (Å²) in [6.45, 7) is 0.449. The topological polar surface area (TPSA) is 105 Å². The van der Waals surface area contributed by atoms with Crippen LogP contribution in [0.5, 0.6) is 0 Å². The fourth-order valence-electron chi connectivity index (χ4n) is 2.74. The van der Waals surface area contributed by atoms with Gasteiger partial charge in [-0.3, -0.25) is 14.0 Å². The first-order valence-electron chi connectivity index (χ1n) is 8.38. The molecule has 0 atom stereocenters. The van der Waals surface area contributed by atoms with Gasteiger partial charge in [-0.15, -0.1) is 10.2 Å². The largest absolute Gasteiger partial charge is 0.352 e. The Labute approximate surface area is 143 Å². The van der Waals surface area contributed by atoms with E-state index in [2.05, 4.69) is 25.5 Å². The van der Waals surface area contributed by atoms with Gasteiger partial charge in [0.2, 0.25) is 0 Å². The van der Waals surface area contributed by atoms with E-state index in [9.17, 15) is 9.59 Å². The number of hydrogen-bond donors (Lipinski definition) is 2. The minimum atomic E-state index is -0.401. The van der Waals surface area contributed by atoms with E-state index in [1.807, 2.05) is 28.8 Å². The van der Waals surface area contributed by atoms with Gasteiger partial charge in [0.15, 0.2) is 5.65 Å². The molecule has 3 aromatic rings. The second kappa shape index (κ2) is 6.46. The van der Waals surface area contributed by atoms with Gasteiger partial charge in [-0.2, -0.15) is 0 Å². The first-order chi connectivity index (χ1) is 12.2. The Morgan fingerprint density at radius 2 is 2.20 bits per heavy atom. The maximum atomic E-state index is 12.1. The summed E-state index contributed by atoms with van der Waals surface area (Å²) in [4.78, 5) is 31.0. The van der Waals surface area contributed by atoms with Crippen LogP contribution in [0.25, 0.3) is 5.65 Å². The van der Waals surface area contributed by atoms with Crippen molar-refractivity contribution in [2.45, 2.75) is 31.6 Å². The van der Waals surface area contributed by atoms with Gasteiger partial charge < -0.3 is 10.3 Å². The number of H-pyrrole nitrogens is 1. The number of hydrogen-bond acceptors (Lipinski definition) is 5. The van der Waals surface area contributed by atoms with Gasteiger partial charge in [0.05, 0.1) is 0 Å². The van der Waals surface area contributed by atoms with E-state index in [1.165, 1.54) is 6.20 Å². The highest BCUT2D eigenvalue weighted by Crippen LogP contribution is 2.37. The molecule has 8 heteroatoms. The van der Waals surface area contributed by atoms with Crippen molar-refractivity contribution in [3.8, 4) is 0 Å². The third-order valence-electron chi connectivity index (χ3n) is 4.27. The minimum Gasteiger partial charge on any atom is -0.352 e. The van der Waals surface area contributed by atoms with Crippen molar-refractivity contribution in [1.29, 1.82) is 0 Å². The summed E-state index contributed by atoms with van der Waals surface area (Å²) in [6, 6.07) is 5.73. The number of aryl methyl sites for hydroxylation is 1. The van der Waals surface area contributed by atoms with Crippen LogP contribution >= 0.6 is 0 Å². The smallest absolute Gasteiger partial charge is 0.263 e. The molecule has 1 saturated carbocycles. The van der Waals surface area contributed by atoms with Crippen molar-refractivity contribution in [3.05, 3.63) is 58.2 Å². The van der Waals surface area contributed by atoms with Crippen molar-refractivity contribution >= 4 is 11.6 Å². The Hall–Kier alpha value is -3.03. The molecular weight excluding hydrogens is 320 g/mol. The number of aromatic amines is 1. The van der Waals surface area contributed by atoms with Crippen LogP contribution in [0.2, 0.25) is 0 Å². The highest BCUT2D eigenvalue weighted by molar-refractivity contribution is 5.93. The van der Waals surface area contributed by atoms with Gasteiger partial charge >= 0.3 is 0 Å². The summed E-state index contributed by atoms with van der Waals surface area (Å²) in [5, 5.41) is 11.0. The molecule has 1 aliphatic rings. The molecule has 3 heterocycles. The van der Waals surface area contributed by atoms with E-state index in [0.717, 1.165) is 24.3 Å². The average Bonchev–Trinajstić information content (AvgIpc) is 3.40. The van der Waals surface area contributed by atoms with Crippen molar-refractivity contribution in [1.82, 2.24) is 29.9 Å². The molecule has 3 aromatic heterocycles. The monoisotopic (exact) mass is 338 g/mol. The summed E-state index contributed by atoms with van der Waals surface area (Å²) in [5.41, 5.74) is 0.477. The number of nitrogens with zero attached hydrogens (tertiary/aromatic N) is 4. The predicted octanol–water partition coefficient (Wildman–Crippen LogP) is 1.05. The second-order valence-electron chi connectivity index (χ2n) is 6.19. The van der Waals surface area contributed by atoms with Gasteiger partial charge in [0, 0.05) is 31.3 Å². The summed E-state index contributed by atoms with van der Waals surface area (Å²) in [5.74, 6) is 1.48. The van der Waals surface area contributed by atoms with Gasteiger partial charge in [-0.25, -0.2) is 4.98 Å². The molecule has 0 radical (unpaired) electrons. The van der Waals surface area contributed by atoms with Crippen LogP contribution < -0.4 is 10.9 Å². The number of nitrogens with one attached hydrogen (secondary N) is 2. The third-order valence-corrected chi connectivity index (χ3v) is 4.27. The molecule has 4 rings (SSSR count). The van der Waals surface area contributed by atoms with E-state index in [-0.39, 0.29) is 11.1 Å².